The molecule has 152 valence electrons. The summed E-state index contributed by atoms with van der Waals surface area (Å²) in [6.07, 6.45) is -7.05. The van der Waals surface area contributed by atoms with Crippen LogP contribution in [0.15, 0.2) is 0 Å². The van der Waals surface area contributed by atoms with Crippen LogP contribution in [0.3, 0.4) is 0 Å². The fourth-order valence-electron chi connectivity index (χ4n) is 1.37. The van der Waals surface area contributed by atoms with Gasteiger partial charge in [0.2, 0.25) is 0 Å². The Morgan fingerprint density at radius 3 is 1.52 bits per heavy atom. The number of halogens is 14. The quantitative estimate of drug-likeness (QED) is 0.260. The molecular weight excluding hydrogens is 434 g/mol. The Hall–Kier alpha value is -0.586. The van der Waals surface area contributed by atoms with E-state index in [-0.39, 0.29) is 6.92 Å². The minimum Gasteiger partial charge on any atom is -0.333 e. The molecule has 0 bridgehead atoms. The molecule has 0 spiro atoms. The Bertz CT molecular complexity index is 458. The zero-order valence-corrected chi connectivity index (χ0v) is 13.7. The van der Waals surface area contributed by atoms with Crippen molar-refractivity contribution in [2.75, 3.05) is 0 Å². The van der Waals surface area contributed by atoms with Gasteiger partial charge in [0.05, 0.1) is 0 Å². The van der Waals surface area contributed by atoms with Gasteiger partial charge in [0.1, 0.15) is 0 Å². The molecule has 0 aliphatic heterocycles. The van der Waals surface area contributed by atoms with Crippen molar-refractivity contribution in [1.29, 1.82) is 0 Å². The lowest BCUT2D eigenvalue weighted by Gasteiger charge is -2.37. The Morgan fingerprint density at radius 1 is 0.800 bits per heavy atom. The molecule has 0 aliphatic carbocycles. The average molecular weight is 442 g/mol. The maximum Gasteiger partial charge on any atom is 0.795 e. The highest BCUT2D eigenvalue weighted by atomic mass is 28.5. The van der Waals surface area contributed by atoms with Crippen LogP contribution in [0, 0.1) is 0 Å². The van der Waals surface area contributed by atoms with Crippen LogP contribution in [0.1, 0.15) is 13.3 Å². The SMILES string of the molecule is CC(F)C(F)(F)C(F)(F)C(F)(F)C(F)(F)CC[Si](F)(F)O[Si](F)(F)F. The molecule has 0 N–H and O–H groups in total. The van der Waals surface area contributed by atoms with Crippen LogP contribution in [-0.2, 0) is 4.12 Å². The first kappa shape index (κ1) is 24.4. The van der Waals surface area contributed by atoms with Crippen LogP contribution in [-0.4, -0.2) is 48.2 Å². The van der Waals surface area contributed by atoms with E-state index in [4.69, 9.17) is 0 Å². The third-order valence-electron chi connectivity index (χ3n) is 2.77. The van der Waals surface area contributed by atoms with Crippen LogP contribution < -0.4 is 0 Å². The van der Waals surface area contributed by atoms with Crippen molar-refractivity contribution in [2.45, 2.75) is 49.3 Å². The summed E-state index contributed by atoms with van der Waals surface area (Å²) in [5, 5.41) is 0. The van der Waals surface area contributed by atoms with Gasteiger partial charge in [-0.25, -0.2) is 24.9 Å². The second kappa shape index (κ2) is 6.86. The van der Waals surface area contributed by atoms with Crippen LogP contribution in [0.5, 0.6) is 0 Å². The lowest BCUT2D eigenvalue weighted by atomic mass is 9.95. The molecule has 0 aliphatic rings. The van der Waals surface area contributed by atoms with E-state index in [9.17, 15) is 60.1 Å². The van der Waals surface area contributed by atoms with Crippen molar-refractivity contribution < 1.29 is 64.2 Å². The van der Waals surface area contributed by atoms with Gasteiger partial charge < -0.3 is 4.12 Å². The number of rotatable bonds is 9. The van der Waals surface area contributed by atoms with E-state index < -0.39 is 60.6 Å². The lowest BCUT2D eigenvalue weighted by molar-refractivity contribution is -0.374. The van der Waals surface area contributed by atoms with E-state index in [1.807, 2.05) is 0 Å². The monoisotopic (exact) mass is 442 g/mol. The Kier molecular flexibility index (Phi) is 6.70. The summed E-state index contributed by atoms with van der Waals surface area (Å²) in [4.78, 5) is 0. The van der Waals surface area contributed by atoms with E-state index in [0.29, 0.717) is 0 Å². The molecule has 0 saturated carbocycles. The molecule has 0 rings (SSSR count). The first-order valence-corrected chi connectivity index (χ1v) is 9.32. The molecule has 1 atom stereocenters. The fraction of sp³-hybridized carbons (Fsp3) is 1.00. The standard InChI is InChI=1S/C8H8F14OSi2/c1-4(9)6(12,13)8(16,17)7(14,15)5(10,11)2-3-24(18,19)23-25(20,21)22/h4H,2-3H2,1H3. The first-order chi connectivity index (χ1) is 10.6. The third-order valence-corrected chi connectivity index (χ3v) is 5.72. The molecule has 1 unspecified atom stereocenters. The average Bonchev–Trinajstić information content (AvgIpc) is 2.32. The summed E-state index contributed by atoms with van der Waals surface area (Å²) in [6.45, 7) is -0.342. The summed E-state index contributed by atoms with van der Waals surface area (Å²) >= 11 is 0. The largest absolute Gasteiger partial charge is 0.795 e. The number of alkyl halides is 9. The third kappa shape index (κ3) is 5.21. The second-order valence-electron chi connectivity index (χ2n) is 4.78. The molecule has 25 heavy (non-hydrogen) atoms. The van der Waals surface area contributed by atoms with Gasteiger partial charge in [-0.3, -0.25) is 0 Å². The minimum atomic E-state index is -7.45. The highest BCUT2D eigenvalue weighted by molar-refractivity contribution is 6.70. The Morgan fingerprint density at radius 2 is 1.20 bits per heavy atom. The van der Waals surface area contributed by atoms with Crippen molar-refractivity contribution in [3.63, 3.8) is 0 Å². The molecule has 0 amide bonds. The van der Waals surface area contributed by atoms with Crippen molar-refractivity contribution >= 4 is 18.3 Å². The molecule has 0 saturated heterocycles. The molecular formula is C8H8F14OSi2. The molecule has 0 heterocycles. The Balaban J connectivity index is 5.49. The van der Waals surface area contributed by atoms with E-state index >= 15 is 0 Å². The van der Waals surface area contributed by atoms with E-state index in [2.05, 4.69) is 4.12 Å². The topological polar surface area (TPSA) is 9.23 Å². The lowest BCUT2D eigenvalue weighted by Crippen LogP contribution is -2.64. The Labute approximate surface area is 133 Å². The van der Waals surface area contributed by atoms with Crippen LogP contribution in [0.4, 0.5) is 60.1 Å². The van der Waals surface area contributed by atoms with E-state index in [1.165, 1.54) is 0 Å². The van der Waals surface area contributed by atoms with Crippen LogP contribution in [0.2, 0.25) is 6.04 Å². The fourth-order valence-corrected chi connectivity index (χ4v) is 3.74. The van der Waals surface area contributed by atoms with Gasteiger partial charge in [0.25, 0.3) is 0 Å². The molecule has 0 fully saturated rings. The first-order valence-electron chi connectivity index (χ1n) is 5.91. The van der Waals surface area contributed by atoms with E-state index in [0.717, 1.165) is 0 Å². The second-order valence-corrected chi connectivity index (χ2v) is 8.26. The minimum absolute atomic E-state index is 0.342. The van der Waals surface area contributed by atoms with Gasteiger partial charge in [0.15, 0.2) is 6.17 Å². The summed E-state index contributed by atoms with van der Waals surface area (Å²) in [5.41, 5.74) is 0. The van der Waals surface area contributed by atoms with Crippen molar-refractivity contribution in [2.24, 2.45) is 0 Å². The summed E-state index contributed by atoms with van der Waals surface area (Å²) in [7, 11) is -14.5. The maximum atomic E-state index is 13.1. The number of hydrogen-bond acceptors (Lipinski definition) is 1. The van der Waals surface area contributed by atoms with Gasteiger partial charge in [-0.1, -0.05) is 0 Å². The van der Waals surface area contributed by atoms with Crippen molar-refractivity contribution in [3.8, 4) is 0 Å². The van der Waals surface area contributed by atoms with Crippen LogP contribution >= 0.6 is 0 Å². The molecule has 0 aromatic heterocycles. The zero-order chi connectivity index (χ0) is 20.7. The van der Waals surface area contributed by atoms with Crippen molar-refractivity contribution in [1.82, 2.24) is 0 Å². The molecule has 0 aromatic carbocycles. The van der Waals surface area contributed by atoms with Gasteiger partial charge in [-0.15, -0.1) is 0 Å². The van der Waals surface area contributed by atoms with Crippen molar-refractivity contribution in [3.05, 3.63) is 0 Å². The molecule has 0 radical (unpaired) electrons. The molecule has 17 heteroatoms. The summed E-state index contributed by atoms with van der Waals surface area (Å²) < 4.78 is 179. The number of hydrogen-bond donors (Lipinski definition) is 0. The summed E-state index contributed by atoms with van der Waals surface area (Å²) in [6, 6.07) is -2.70. The van der Waals surface area contributed by atoms with Crippen LogP contribution in [0.25, 0.3) is 0 Å². The maximum absolute atomic E-state index is 13.1. The highest BCUT2D eigenvalue weighted by Gasteiger charge is 2.81. The smallest absolute Gasteiger partial charge is 0.333 e. The predicted molar refractivity (Wildman–Crippen MR) is 57.9 cm³/mol. The van der Waals surface area contributed by atoms with Gasteiger partial charge >= 0.3 is 42.0 Å². The van der Waals surface area contributed by atoms with Gasteiger partial charge in [-0.05, 0) is 6.92 Å². The highest BCUT2D eigenvalue weighted by Crippen LogP contribution is 2.55. The molecule has 0 aromatic rings. The predicted octanol–water partition coefficient (Wildman–Crippen LogP) is 5.51. The van der Waals surface area contributed by atoms with E-state index in [1.54, 1.807) is 0 Å². The molecule has 1 nitrogen and oxygen atoms in total. The van der Waals surface area contributed by atoms with Gasteiger partial charge in [-0.2, -0.15) is 35.1 Å². The zero-order valence-electron chi connectivity index (χ0n) is 11.7. The van der Waals surface area contributed by atoms with Gasteiger partial charge in [0, 0.05) is 12.5 Å². The normalized spacial score (nSPS) is 16.9. The summed E-state index contributed by atoms with van der Waals surface area (Å²) in [5.74, 6) is -26.7.